The molecule has 1 aromatic rings. The molecule has 1 heterocycles. The lowest BCUT2D eigenvalue weighted by Crippen LogP contribution is -2.33. The summed E-state index contributed by atoms with van der Waals surface area (Å²) in [6.45, 7) is 3.32. The summed E-state index contributed by atoms with van der Waals surface area (Å²) in [6.07, 6.45) is 9.23. The van der Waals surface area contributed by atoms with Gasteiger partial charge in [0.15, 0.2) is 0 Å². The highest BCUT2D eigenvalue weighted by Crippen LogP contribution is 2.23. The zero-order valence-corrected chi connectivity index (χ0v) is 9.45. The number of hydrogen-bond donors (Lipinski definition) is 1. The van der Waals surface area contributed by atoms with Gasteiger partial charge in [-0.3, -0.25) is 4.98 Å². The number of pyridine rings is 1. The molecule has 2 unspecified atom stereocenters. The van der Waals surface area contributed by atoms with E-state index < -0.39 is 0 Å². The van der Waals surface area contributed by atoms with Gasteiger partial charge in [-0.25, -0.2) is 0 Å². The van der Waals surface area contributed by atoms with E-state index in [1.807, 2.05) is 18.5 Å². The molecule has 15 heavy (non-hydrogen) atoms. The van der Waals surface area contributed by atoms with Gasteiger partial charge in [0.05, 0.1) is 0 Å². The SMILES string of the molecule is CC1CCCC(NCc2cccnc2)C1. The van der Waals surface area contributed by atoms with Crippen molar-refractivity contribution in [2.24, 2.45) is 5.92 Å². The lowest BCUT2D eigenvalue weighted by molar-refractivity contribution is 0.300. The van der Waals surface area contributed by atoms with Crippen LogP contribution in [-0.2, 0) is 6.54 Å². The third-order valence-corrected chi connectivity index (χ3v) is 3.25. The summed E-state index contributed by atoms with van der Waals surface area (Å²) in [6, 6.07) is 4.85. The summed E-state index contributed by atoms with van der Waals surface area (Å²) in [5.41, 5.74) is 1.29. The Labute approximate surface area is 92.1 Å². The molecule has 0 radical (unpaired) electrons. The van der Waals surface area contributed by atoms with Gasteiger partial charge < -0.3 is 5.32 Å². The van der Waals surface area contributed by atoms with Crippen molar-refractivity contribution < 1.29 is 0 Å². The predicted molar refractivity (Wildman–Crippen MR) is 62.5 cm³/mol. The van der Waals surface area contributed by atoms with Crippen molar-refractivity contribution in [2.45, 2.75) is 45.2 Å². The highest BCUT2D eigenvalue weighted by Gasteiger charge is 2.17. The van der Waals surface area contributed by atoms with E-state index in [0.29, 0.717) is 6.04 Å². The van der Waals surface area contributed by atoms with Crippen molar-refractivity contribution in [1.82, 2.24) is 10.3 Å². The van der Waals surface area contributed by atoms with Crippen LogP contribution in [0, 0.1) is 5.92 Å². The topological polar surface area (TPSA) is 24.9 Å². The Morgan fingerprint density at radius 3 is 3.13 bits per heavy atom. The fourth-order valence-corrected chi connectivity index (χ4v) is 2.38. The molecule has 1 aliphatic rings. The van der Waals surface area contributed by atoms with E-state index in [-0.39, 0.29) is 0 Å². The van der Waals surface area contributed by atoms with Crippen LogP contribution in [-0.4, -0.2) is 11.0 Å². The van der Waals surface area contributed by atoms with Gasteiger partial charge >= 0.3 is 0 Å². The van der Waals surface area contributed by atoms with E-state index in [2.05, 4.69) is 23.3 Å². The average molecular weight is 204 g/mol. The summed E-state index contributed by atoms with van der Waals surface area (Å²) in [7, 11) is 0. The minimum Gasteiger partial charge on any atom is -0.310 e. The lowest BCUT2D eigenvalue weighted by Gasteiger charge is -2.27. The van der Waals surface area contributed by atoms with Gasteiger partial charge in [0.2, 0.25) is 0 Å². The zero-order chi connectivity index (χ0) is 10.5. The van der Waals surface area contributed by atoms with Gasteiger partial charge in [0.25, 0.3) is 0 Å². The highest BCUT2D eigenvalue weighted by atomic mass is 14.9. The van der Waals surface area contributed by atoms with Crippen LogP contribution in [0.25, 0.3) is 0 Å². The average Bonchev–Trinajstić information content (AvgIpc) is 2.28. The van der Waals surface area contributed by atoms with E-state index >= 15 is 0 Å². The van der Waals surface area contributed by atoms with Gasteiger partial charge in [0.1, 0.15) is 0 Å². The first-order chi connectivity index (χ1) is 7.34. The lowest BCUT2D eigenvalue weighted by atomic mass is 9.87. The molecular weight excluding hydrogens is 184 g/mol. The van der Waals surface area contributed by atoms with Gasteiger partial charge in [-0.15, -0.1) is 0 Å². The minimum atomic E-state index is 0.717. The Bertz CT molecular complexity index is 284. The maximum Gasteiger partial charge on any atom is 0.0312 e. The smallest absolute Gasteiger partial charge is 0.0312 e. The maximum atomic E-state index is 4.12. The van der Waals surface area contributed by atoms with Crippen LogP contribution in [0.3, 0.4) is 0 Å². The Kier molecular flexibility index (Phi) is 3.73. The molecule has 1 aliphatic carbocycles. The molecular formula is C13H20N2. The number of nitrogens with zero attached hydrogens (tertiary/aromatic N) is 1. The molecule has 2 heteroatoms. The minimum absolute atomic E-state index is 0.717. The molecule has 0 saturated heterocycles. The first-order valence-corrected chi connectivity index (χ1v) is 5.97. The maximum absolute atomic E-state index is 4.12. The molecule has 82 valence electrons. The van der Waals surface area contributed by atoms with Crippen LogP contribution in [0.15, 0.2) is 24.5 Å². The molecule has 2 rings (SSSR count). The van der Waals surface area contributed by atoms with E-state index in [4.69, 9.17) is 0 Å². The van der Waals surface area contributed by atoms with E-state index in [1.165, 1.54) is 31.2 Å². The molecule has 0 aromatic carbocycles. The molecule has 0 amide bonds. The number of rotatable bonds is 3. The summed E-state index contributed by atoms with van der Waals surface area (Å²) in [5.74, 6) is 0.894. The molecule has 2 nitrogen and oxygen atoms in total. The first-order valence-electron chi connectivity index (χ1n) is 5.97. The monoisotopic (exact) mass is 204 g/mol. The van der Waals surface area contributed by atoms with Crippen LogP contribution >= 0.6 is 0 Å². The second-order valence-corrected chi connectivity index (χ2v) is 4.71. The molecule has 1 aromatic heterocycles. The van der Waals surface area contributed by atoms with Crippen molar-refractivity contribution in [3.05, 3.63) is 30.1 Å². The van der Waals surface area contributed by atoms with Crippen LogP contribution < -0.4 is 5.32 Å². The summed E-state index contributed by atoms with van der Waals surface area (Å²) in [4.78, 5) is 4.12. The van der Waals surface area contributed by atoms with Crippen LogP contribution in [0.4, 0.5) is 0 Å². The van der Waals surface area contributed by atoms with Gasteiger partial charge in [0, 0.05) is 25.0 Å². The summed E-state index contributed by atoms with van der Waals surface area (Å²) in [5, 5.41) is 3.63. The van der Waals surface area contributed by atoms with Crippen molar-refractivity contribution in [3.63, 3.8) is 0 Å². The third kappa shape index (κ3) is 3.31. The first kappa shape index (κ1) is 10.6. The Morgan fingerprint density at radius 1 is 1.47 bits per heavy atom. The molecule has 0 aliphatic heterocycles. The molecule has 1 fully saturated rings. The van der Waals surface area contributed by atoms with Crippen molar-refractivity contribution in [3.8, 4) is 0 Å². The standard InChI is InChI=1S/C13H20N2/c1-11-4-2-6-13(8-11)15-10-12-5-3-7-14-9-12/h3,5,7,9,11,13,15H,2,4,6,8,10H2,1H3. The Hall–Kier alpha value is -0.890. The van der Waals surface area contributed by atoms with Crippen LogP contribution in [0.2, 0.25) is 0 Å². The van der Waals surface area contributed by atoms with Crippen molar-refractivity contribution >= 4 is 0 Å². The number of aromatic nitrogens is 1. The number of nitrogens with one attached hydrogen (secondary N) is 1. The third-order valence-electron chi connectivity index (χ3n) is 3.25. The second kappa shape index (κ2) is 5.26. The predicted octanol–water partition coefficient (Wildman–Crippen LogP) is 2.75. The number of hydrogen-bond acceptors (Lipinski definition) is 2. The highest BCUT2D eigenvalue weighted by molar-refractivity contribution is 5.08. The normalized spacial score (nSPS) is 26.5. The molecule has 0 spiro atoms. The fraction of sp³-hybridized carbons (Fsp3) is 0.615. The molecule has 0 bridgehead atoms. The van der Waals surface area contributed by atoms with Gasteiger partial charge in [-0.1, -0.05) is 25.8 Å². The quantitative estimate of drug-likeness (QED) is 0.819. The van der Waals surface area contributed by atoms with Crippen LogP contribution in [0.1, 0.15) is 38.2 Å². The van der Waals surface area contributed by atoms with Crippen molar-refractivity contribution in [1.29, 1.82) is 0 Å². The largest absolute Gasteiger partial charge is 0.310 e. The molecule has 1 N–H and O–H groups in total. The zero-order valence-electron chi connectivity index (χ0n) is 9.45. The second-order valence-electron chi connectivity index (χ2n) is 4.71. The summed E-state index contributed by atoms with van der Waals surface area (Å²) >= 11 is 0. The van der Waals surface area contributed by atoms with E-state index in [0.717, 1.165) is 12.5 Å². The molecule has 2 atom stereocenters. The summed E-state index contributed by atoms with van der Waals surface area (Å²) < 4.78 is 0. The fourth-order valence-electron chi connectivity index (χ4n) is 2.38. The van der Waals surface area contributed by atoms with E-state index in [9.17, 15) is 0 Å². The van der Waals surface area contributed by atoms with Gasteiger partial charge in [-0.2, -0.15) is 0 Å². The Balaban J connectivity index is 1.78. The van der Waals surface area contributed by atoms with Crippen LogP contribution in [0.5, 0.6) is 0 Å². The molecule has 1 saturated carbocycles. The van der Waals surface area contributed by atoms with Gasteiger partial charge in [-0.05, 0) is 30.4 Å². The van der Waals surface area contributed by atoms with E-state index in [1.54, 1.807) is 0 Å². The Morgan fingerprint density at radius 2 is 2.40 bits per heavy atom. The van der Waals surface area contributed by atoms with Crippen molar-refractivity contribution in [2.75, 3.05) is 0 Å².